The van der Waals surface area contributed by atoms with Gasteiger partial charge < -0.3 is 20.3 Å². The Bertz CT molecular complexity index is 356. The highest BCUT2D eigenvalue weighted by molar-refractivity contribution is 5.23. The lowest BCUT2D eigenvalue weighted by molar-refractivity contribution is 0.0282. The van der Waals surface area contributed by atoms with Crippen LogP contribution in [-0.4, -0.2) is 38.1 Å². The van der Waals surface area contributed by atoms with Crippen LogP contribution in [0.4, 0.5) is 0 Å². The van der Waals surface area contributed by atoms with Gasteiger partial charge in [0.25, 0.3) is 0 Å². The van der Waals surface area contributed by atoms with Gasteiger partial charge in [0.15, 0.2) is 0 Å². The molecule has 0 aromatic heterocycles. The van der Waals surface area contributed by atoms with Gasteiger partial charge in [-0.25, -0.2) is 0 Å². The van der Waals surface area contributed by atoms with Crippen LogP contribution in [-0.2, 0) is 15.0 Å². The fourth-order valence-electron chi connectivity index (χ4n) is 1.88. The molecule has 3 N–H and O–H groups in total. The molecular formula is C16H27NO3. The molecule has 0 saturated carbocycles. The standard InChI is InChI=1S/C16H27NO3/c1-14(2)12-20-11-10-19-9-8-16(17,13-18)15-6-4-3-5-7-15/h3-7,14,18H,8-13,17H2,1-2H3. The van der Waals surface area contributed by atoms with Gasteiger partial charge in [-0.3, -0.25) is 0 Å². The summed E-state index contributed by atoms with van der Waals surface area (Å²) in [5.74, 6) is 0.541. The number of ether oxygens (including phenoxy) is 2. The van der Waals surface area contributed by atoms with Crippen LogP contribution in [0.1, 0.15) is 25.8 Å². The second kappa shape index (κ2) is 9.08. The zero-order valence-electron chi connectivity index (χ0n) is 12.5. The van der Waals surface area contributed by atoms with Crippen molar-refractivity contribution in [2.45, 2.75) is 25.8 Å². The number of aliphatic hydroxyl groups excluding tert-OH is 1. The van der Waals surface area contributed by atoms with E-state index in [0.717, 1.165) is 12.2 Å². The lowest BCUT2D eigenvalue weighted by atomic mass is 9.89. The summed E-state index contributed by atoms with van der Waals surface area (Å²) in [4.78, 5) is 0. The third-order valence-corrected chi connectivity index (χ3v) is 3.15. The summed E-state index contributed by atoms with van der Waals surface area (Å²) < 4.78 is 11.0. The first-order valence-corrected chi connectivity index (χ1v) is 7.19. The third kappa shape index (κ3) is 6.01. The second-order valence-corrected chi connectivity index (χ2v) is 5.51. The van der Waals surface area contributed by atoms with Crippen molar-refractivity contribution in [3.8, 4) is 0 Å². The normalized spacial score (nSPS) is 14.4. The Kier molecular flexibility index (Phi) is 7.77. The van der Waals surface area contributed by atoms with Crippen LogP contribution in [0, 0.1) is 5.92 Å². The summed E-state index contributed by atoms with van der Waals surface area (Å²) in [6.07, 6.45) is 0.581. The molecule has 0 amide bonds. The minimum atomic E-state index is -0.736. The Labute approximate surface area is 121 Å². The van der Waals surface area contributed by atoms with Crippen LogP contribution in [0.15, 0.2) is 30.3 Å². The number of rotatable bonds is 10. The summed E-state index contributed by atoms with van der Waals surface area (Å²) in [5, 5.41) is 9.54. The molecule has 0 saturated heterocycles. The van der Waals surface area contributed by atoms with Crippen molar-refractivity contribution in [3.63, 3.8) is 0 Å². The van der Waals surface area contributed by atoms with Crippen LogP contribution in [0.3, 0.4) is 0 Å². The monoisotopic (exact) mass is 281 g/mol. The van der Waals surface area contributed by atoms with Gasteiger partial charge in [0.05, 0.1) is 25.4 Å². The van der Waals surface area contributed by atoms with E-state index in [4.69, 9.17) is 15.2 Å². The highest BCUT2D eigenvalue weighted by Crippen LogP contribution is 2.21. The van der Waals surface area contributed by atoms with Gasteiger partial charge in [-0.1, -0.05) is 44.2 Å². The predicted molar refractivity (Wildman–Crippen MR) is 80.5 cm³/mol. The Hall–Kier alpha value is -0.940. The first-order valence-electron chi connectivity index (χ1n) is 7.19. The smallest absolute Gasteiger partial charge is 0.0700 e. The quantitative estimate of drug-likeness (QED) is 0.643. The van der Waals surface area contributed by atoms with Crippen LogP contribution in [0.25, 0.3) is 0 Å². The van der Waals surface area contributed by atoms with E-state index in [1.165, 1.54) is 0 Å². The average molecular weight is 281 g/mol. The van der Waals surface area contributed by atoms with Gasteiger partial charge in [0, 0.05) is 13.2 Å². The Morgan fingerprint density at radius 3 is 2.35 bits per heavy atom. The molecule has 1 rings (SSSR count). The zero-order valence-corrected chi connectivity index (χ0v) is 12.5. The molecule has 0 aliphatic carbocycles. The molecule has 20 heavy (non-hydrogen) atoms. The summed E-state index contributed by atoms with van der Waals surface area (Å²) in [7, 11) is 0. The molecule has 0 aliphatic rings. The Morgan fingerprint density at radius 1 is 1.10 bits per heavy atom. The van der Waals surface area contributed by atoms with Crippen LogP contribution in [0.2, 0.25) is 0 Å². The molecule has 1 aromatic carbocycles. The van der Waals surface area contributed by atoms with E-state index >= 15 is 0 Å². The molecule has 0 aliphatic heterocycles. The summed E-state index contributed by atoms with van der Waals surface area (Å²) >= 11 is 0. The van der Waals surface area contributed by atoms with Crippen molar-refractivity contribution in [2.24, 2.45) is 11.7 Å². The maximum atomic E-state index is 9.54. The van der Waals surface area contributed by atoms with Crippen molar-refractivity contribution in [2.75, 3.05) is 33.0 Å². The number of benzene rings is 1. The summed E-state index contributed by atoms with van der Waals surface area (Å²) in [6.45, 7) is 6.56. The van der Waals surface area contributed by atoms with E-state index in [1.54, 1.807) is 0 Å². The SMILES string of the molecule is CC(C)COCCOCCC(N)(CO)c1ccccc1. The van der Waals surface area contributed by atoms with E-state index in [1.807, 2.05) is 30.3 Å². The molecular weight excluding hydrogens is 254 g/mol. The van der Waals surface area contributed by atoms with Gasteiger partial charge in [-0.05, 0) is 17.9 Å². The molecule has 4 nitrogen and oxygen atoms in total. The maximum Gasteiger partial charge on any atom is 0.0700 e. The lowest BCUT2D eigenvalue weighted by Gasteiger charge is -2.27. The fourth-order valence-corrected chi connectivity index (χ4v) is 1.88. The summed E-state index contributed by atoms with van der Waals surface area (Å²) in [5.41, 5.74) is 6.43. The molecule has 1 atom stereocenters. The fraction of sp³-hybridized carbons (Fsp3) is 0.625. The van der Waals surface area contributed by atoms with Crippen molar-refractivity contribution < 1.29 is 14.6 Å². The van der Waals surface area contributed by atoms with Crippen molar-refractivity contribution in [1.82, 2.24) is 0 Å². The van der Waals surface area contributed by atoms with Crippen LogP contribution in [0.5, 0.6) is 0 Å². The van der Waals surface area contributed by atoms with Gasteiger partial charge in [0.2, 0.25) is 0 Å². The highest BCUT2D eigenvalue weighted by atomic mass is 16.5. The van der Waals surface area contributed by atoms with E-state index in [9.17, 15) is 5.11 Å². The largest absolute Gasteiger partial charge is 0.394 e. The number of nitrogens with two attached hydrogens (primary N) is 1. The Morgan fingerprint density at radius 2 is 1.75 bits per heavy atom. The third-order valence-electron chi connectivity index (χ3n) is 3.15. The van der Waals surface area contributed by atoms with Crippen molar-refractivity contribution in [1.29, 1.82) is 0 Å². The van der Waals surface area contributed by atoms with Crippen molar-refractivity contribution >= 4 is 0 Å². The first-order chi connectivity index (χ1) is 9.58. The van der Waals surface area contributed by atoms with Gasteiger partial charge in [0.1, 0.15) is 0 Å². The molecule has 0 heterocycles. The topological polar surface area (TPSA) is 64.7 Å². The van der Waals surface area contributed by atoms with Crippen LogP contribution >= 0.6 is 0 Å². The zero-order chi connectivity index (χ0) is 14.8. The number of aliphatic hydroxyl groups is 1. The van der Waals surface area contributed by atoms with Crippen molar-refractivity contribution in [3.05, 3.63) is 35.9 Å². The molecule has 0 fully saturated rings. The molecule has 0 bridgehead atoms. The minimum absolute atomic E-state index is 0.0930. The Balaban J connectivity index is 2.25. The lowest BCUT2D eigenvalue weighted by Crippen LogP contribution is -2.41. The van der Waals surface area contributed by atoms with Gasteiger partial charge >= 0.3 is 0 Å². The molecule has 4 heteroatoms. The first kappa shape index (κ1) is 17.1. The van der Waals surface area contributed by atoms with E-state index in [-0.39, 0.29) is 6.61 Å². The molecule has 1 unspecified atom stereocenters. The predicted octanol–water partition coefficient (Wildman–Crippen LogP) is 1.91. The van der Waals surface area contributed by atoms with E-state index < -0.39 is 5.54 Å². The average Bonchev–Trinajstić information content (AvgIpc) is 2.46. The van der Waals surface area contributed by atoms with Gasteiger partial charge in [-0.15, -0.1) is 0 Å². The number of hydrogen-bond donors (Lipinski definition) is 2. The second-order valence-electron chi connectivity index (χ2n) is 5.51. The molecule has 114 valence electrons. The molecule has 1 aromatic rings. The number of hydrogen-bond acceptors (Lipinski definition) is 4. The van der Waals surface area contributed by atoms with Gasteiger partial charge in [-0.2, -0.15) is 0 Å². The van der Waals surface area contributed by atoms with E-state index in [2.05, 4.69) is 13.8 Å². The molecule has 0 radical (unpaired) electrons. The summed E-state index contributed by atoms with van der Waals surface area (Å²) in [6, 6.07) is 9.65. The molecule has 0 spiro atoms. The highest BCUT2D eigenvalue weighted by Gasteiger charge is 2.25. The van der Waals surface area contributed by atoms with Crippen LogP contribution < -0.4 is 5.73 Å². The maximum absolute atomic E-state index is 9.54. The van der Waals surface area contributed by atoms with E-state index in [0.29, 0.717) is 32.2 Å². The minimum Gasteiger partial charge on any atom is -0.394 e.